The van der Waals surface area contributed by atoms with Crippen LogP contribution in [0, 0.1) is 17.8 Å². The molecule has 2 amide bonds. The Morgan fingerprint density at radius 1 is 1.16 bits per heavy atom. The number of thioether (sulfide) groups is 1. The predicted molar refractivity (Wildman–Crippen MR) is 150 cm³/mol. The first-order chi connectivity index (χ1) is 18.4. The Balaban J connectivity index is 1.66. The molecule has 1 aliphatic carbocycles. The zero-order valence-electron chi connectivity index (χ0n) is 23.0. The molecule has 0 radical (unpaired) electrons. The molecule has 4 fully saturated rings. The van der Waals surface area contributed by atoms with E-state index in [4.69, 9.17) is 9.84 Å². The molecule has 2 bridgehead atoms. The highest BCUT2D eigenvalue weighted by Crippen LogP contribution is 2.68. The van der Waals surface area contributed by atoms with Crippen molar-refractivity contribution in [3.8, 4) is 0 Å². The number of rotatable bonds is 14. The van der Waals surface area contributed by atoms with Crippen molar-refractivity contribution in [2.45, 2.75) is 99.6 Å². The highest BCUT2D eigenvalue weighted by molar-refractivity contribution is 8.02. The standard InChI is InChI=1S/C30H46N2O5S/c1-4-6-19-37-29(36)24-23-20-21(3)30(38-23)25(24)27(34)32(17-12-7-8-13-18-33)26(30)28(35)31(16-5-2)22-14-10-9-11-15-22/h4-5,21-26,33H,1-2,6-20H2,3H3/t21?,23-,24+,25-,26?,30?/m0/s1. The van der Waals surface area contributed by atoms with Crippen molar-refractivity contribution in [2.24, 2.45) is 17.8 Å². The molecule has 3 saturated heterocycles. The first-order valence-corrected chi connectivity index (χ1v) is 15.6. The van der Waals surface area contributed by atoms with Crippen LogP contribution in [0.4, 0.5) is 0 Å². The lowest BCUT2D eigenvalue weighted by Gasteiger charge is -2.43. The van der Waals surface area contributed by atoms with Crippen molar-refractivity contribution in [2.75, 3.05) is 26.3 Å². The molecular formula is C30H46N2O5S. The number of likely N-dealkylation sites (tertiary alicyclic amines) is 1. The Hall–Kier alpha value is -1.80. The van der Waals surface area contributed by atoms with E-state index < -0.39 is 22.6 Å². The maximum atomic E-state index is 14.6. The SMILES string of the molecule is C=CCCOC(=O)[C@@H]1[C@@H]2CC(C)C3(S2)C(C(=O)N(CC=C)C2CCCCC2)N(CCCCCCO)C(=O)[C@H]13. The molecule has 212 valence electrons. The van der Waals surface area contributed by atoms with E-state index in [2.05, 4.69) is 20.1 Å². The number of aliphatic hydroxyl groups is 1. The van der Waals surface area contributed by atoms with Gasteiger partial charge in [-0.15, -0.1) is 24.9 Å². The molecule has 7 nitrogen and oxygen atoms in total. The van der Waals surface area contributed by atoms with E-state index in [0.29, 0.717) is 19.5 Å². The lowest BCUT2D eigenvalue weighted by molar-refractivity contribution is -0.154. The number of hydrogen-bond acceptors (Lipinski definition) is 6. The summed E-state index contributed by atoms with van der Waals surface area (Å²) >= 11 is 1.72. The zero-order valence-corrected chi connectivity index (χ0v) is 23.8. The van der Waals surface area contributed by atoms with Gasteiger partial charge in [-0.2, -0.15) is 0 Å². The third kappa shape index (κ3) is 5.32. The number of carbonyl (C=O) groups excluding carboxylic acids is 3. The maximum Gasteiger partial charge on any atom is 0.310 e. The second-order valence-electron chi connectivity index (χ2n) is 11.5. The van der Waals surface area contributed by atoms with Gasteiger partial charge >= 0.3 is 5.97 Å². The van der Waals surface area contributed by atoms with E-state index >= 15 is 0 Å². The van der Waals surface area contributed by atoms with Crippen molar-refractivity contribution in [1.82, 2.24) is 9.80 Å². The molecule has 4 rings (SSSR count). The van der Waals surface area contributed by atoms with Crippen LogP contribution in [0.2, 0.25) is 0 Å². The fourth-order valence-electron chi connectivity index (χ4n) is 7.50. The van der Waals surface area contributed by atoms with Gasteiger partial charge in [0, 0.05) is 31.0 Å². The number of aliphatic hydroxyl groups excluding tert-OH is 1. The highest BCUT2D eigenvalue weighted by atomic mass is 32.2. The number of fused-ring (bicyclic) bond motifs is 1. The molecule has 0 aromatic rings. The van der Waals surface area contributed by atoms with Crippen LogP contribution in [-0.4, -0.2) is 81.1 Å². The van der Waals surface area contributed by atoms with Gasteiger partial charge in [0.2, 0.25) is 11.8 Å². The van der Waals surface area contributed by atoms with E-state index in [9.17, 15) is 14.4 Å². The van der Waals surface area contributed by atoms with E-state index in [1.54, 1.807) is 23.9 Å². The quantitative estimate of drug-likeness (QED) is 0.198. The van der Waals surface area contributed by atoms with E-state index in [1.165, 1.54) is 6.42 Å². The van der Waals surface area contributed by atoms with Crippen LogP contribution in [0.5, 0.6) is 0 Å². The molecule has 1 N–H and O–H groups in total. The third-order valence-electron chi connectivity index (χ3n) is 9.25. The lowest BCUT2D eigenvalue weighted by Crippen LogP contribution is -2.59. The number of unbranched alkanes of at least 4 members (excludes halogenated alkanes) is 3. The predicted octanol–water partition coefficient (Wildman–Crippen LogP) is 4.34. The average Bonchev–Trinajstić information content (AvgIpc) is 3.51. The molecule has 1 saturated carbocycles. The van der Waals surface area contributed by atoms with Crippen molar-refractivity contribution < 1.29 is 24.2 Å². The summed E-state index contributed by atoms with van der Waals surface area (Å²) in [5.41, 5.74) is 0. The summed E-state index contributed by atoms with van der Waals surface area (Å²) in [6, 6.07) is -0.402. The average molecular weight is 547 g/mol. The number of ether oxygens (including phenoxy) is 1. The molecule has 4 aliphatic rings. The minimum Gasteiger partial charge on any atom is -0.465 e. The Morgan fingerprint density at radius 3 is 2.58 bits per heavy atom. The van der Waals surface area contributed by atoms with Crippen LogP contribution in [0.3, 0.4) is 0 Å². The molecule has 38 heavy (non-hydrogen) atoms. The van der Waals surface area contributed by atoms with Crippen LogP contribution in [0.25, 0.3) is 0 Å². The first-order valence-electron chi connectivity index (χ1n) is 14.7. The summed E-state index contributed by atoms with van der Waals surface area (Å²) in [6.45, 7) is 11.2. The van der Waals surface area contributed by atoms with E-state index in [1.807, 2.05) is 9.80 Å². The normalized spacial score (nSPS) is 32.3. The van der Waals surface area contributed by atoms with Crippen LogP contribution >= 0.6 is 11.8 Å². The molecule has 0 aromatic carbocycles. The summed E-state index contributed by atoms with van der Waals surface area (Å²) in [6.07, 6.45) is 13.6. The number of nitrogens with zero attached hydrogens (tertiary/aromatic N) is 2. The second kappa shape index (κ2) is 13.0. The molecule has 6 atom stereocenters. The molecule has 3 aliphatic heterocycles. The van der Waals surface area contributed by atoms with Gasteiger partial charge in [0.05, 0.1) is 23.2 Å². The van der Waals surface area contributed by atoms with Crippen molar-refractivity contribution in [1.29, 1.82) is 0 Å². The molecule has 3 unspecified atom stereocenters. The first kappa shape index (κ1) is 29.2. The summed E-state index contributed by atoms with van der Waals surface area (Å²) < 4.78 is 5.01. The Labute approximate surface area is 232 Å². The van der Waals surface area contributed by atoms with Crippen LogP contribution in [0.1, 0.15) is 77.6 Å². The van der Waals surface area contributed by atoms with Gasteiger partial charge in [-0.1, -0.05) is 51.2 Å². The summed E-state index contributed by atoms with van der Waals surface area (Å²) in [5.74, 6) is -1.22. The molecular weight excluding hydrogens is 500 g/mol. The highest BCUT2D eigenvalue weighted by Gasteiger charge is 2.76. The van der Waals surface area contributed by atoms with Gasteiger partial charge in [0.15, 0.2) is 0 Å². The van der Waals surface area contributed by atoms with Gasteiger partial charge in [0.25, 0.3) is 0 Å². The second-order valence-corrected chi connectivity index (χ2v) is 13.1. The topological polar surface area (TPSA) is 87.2 Å². The largest absolute Gasteiger partial charge is 0.465 e. The van der Waals surface area contributed by atoms with E-state index in [-0.39, 0.29) is 48.2 Å². The van der Waals surface area contributed by atoms with Gasteiger partial charge in [-0.3, -0.25) is 14.4 Å². The summed E-state index contributed by atoms with van der Waals surface area (Å²) in [7, 11) is 0. The van der Waals surface area contributed by atoms with Crippen LogP contribution in [-0.2, 0) is 19.1 Å². The summed E-state index contributed by atoms with van der Waals surface area (Å²) in [4.78, 5) is 46.0. The third-order valence-corrected chi connectivity index (χ3v) is 11.3. The van der Waals surface area contributed by atoms with Gasteiger partial charge in [-0.05, 0) is 44.4 Å². The van der Waals surface area contributed by atoms with Gasteiger partial charge < -0.3 is 19.6 Å². The number of hydrogen-bond donors (Lipinski definition) is 1. The Morgan fingerprint density at radius 2 is 1.89 bits per heavy atom. The molecule has 1 spiro atoms. The van der Waals surface area contributed by atoms with Crippen LogP contribution < -0.4 is 0 Å². The molecule has 3 heterocycles. The maximum absolute atomic E-state index is 14.6. The molecule has 8 heteroatoms. The summed E-state index contributed by atoms with van der Waals surface area (Å²) in [5, 5.41) is 9.16. The van der Waals surface area contributed by atoms with Crippen molar-refractivity contribution in [3.63, 3.8) is 0 Å². The minimum absolute atomic E-state index is 0.000259. The Kier molecular flexibility index (Phi) is 10.0. The van der Waals surface area contributed by atoms with Crippen LogP contribution in [0.15, 0.2) is 25.3 Å². The smallest absolute Gasteiger partial charge is 0.310 e. The fourth-order valence-corrected chi connectivity index (χ4v) is 9.91. The van der Waals surface area contributed by atoms with Gasteiger partial charge in [0.1, 0.15) is 6.04 Å². The minimum atomic E-state index is -0.611. The van der Waals surface area contributed by atoms with Crippen molar-refractivity contribution in [3.05, 3.63) is 25.3 Å². The van der Waals surface area contributed by atoms with Gasteiger partial charge in [-0.25, -0.2) is 0 Å². The lowest BCUT2D eigenvalue weighted by atomic mass is 9.66. The number of carbonyl (C=O) groups is 3. The fraction of sp³-hybridized carbons (Fsp3) is 0.767. The number of esters is 1. The monoisotopic (exact) mass is 546 g/mol. The van der Waals surface area contributed by atoms with E-state index in [0.717, 1.165) is 57.8 Å². The molecule has 0 aromatic heterocycles. The Bertz CT molecular complexity index is 890. The zero-order chi connectivity index (χ0) is 27.3. The van der Waals surface area contributed by atoms with Crippen molar-refractivity contribution >= 4 is 29.5 Å². The number of amides is 2.